The zero-order valence-corrected chi connectivity index (χ0v) is 19.1. The van der Waals surface area contributed by atoms with Gasteiger partial charge in [0, 0.05) is 11.3 Å². The molecule has 0 radical (unpaired) electrons. The molecule has 1 amide bonds. The van der Waals surface area contributed by atoms with E-state index in [-0.39, 0.29) is 11.7 Å². The molecule has 0 aliphatic rings. The van der Waals surface area contributed by atoms with Crippen LogP contribution >= 0.6 is 23.1 Å². The Labute approximate surface area is 190 Å². The van der Waals surface area contributed by atoms with E-state index in [4.69, 9.17) is 4.74 Å². The highest BCUT2D eigenvalue weighted by molar-refractivity contribution is 8.00. The summed E-state index contributed by atoms with van der Waals surface area (Å²) in [5, 5.41) is 11.2. The normalized spacial score (nSPS) is 10.8. The summed E-state index contributed by atoms with van der Waals surface area (Å²) in [6.07, 6.45) is 5.96. The highest BCUT2D eigenvalue weighted by atomic mass is 32.2. The number of carbonyl (C=O) groups excluding carboxylic acids is 1. The lowest BCUT2D eigenvalue weighted by Gasteiger charge is -2.07. The second-order valence-corrected chi connectivity index (χ2v) is 9.19. The SMILES string of the molecule is CCCCCCCOc1ccc(C(=O)Nc2nnc(SCc3ccccc3F)s2)cc1. The lowest BCUT2D eigenvalue weighted by atomic mass is 10.2. The second-order valence-electron chi connectivity index (χ2n) is 6.99. The fourth-order valence-corrected chi connectivity index (χ4v) is 4.57. The van der Waals surface area contributed by atoms with Gasteiger partial charge in [0.05, 0.1) is 6.61 Å². The van der Waals surface area contributed by atoms with Crippen molar-refractivity contribution in [1.82, 2.24) is 10.2 Å². The van der Waals surface area contributed by atoms with E-state index in [9.17, 15) is 9.18 Å². The zero-order chi connectivity index (χ0) is 21.9. The van der Waals surface area contributed by atoms with Crippen LogP contribution in [0.2, 0.25) is 0 Å². The van der Waals surface area contributed by atoms with Crippen LogP contribution < -0.4 is 10.1 Å². The van der Waals surface area contributed by atoms with Crippen molar-refractivity contribution >= 4 is 34.1 Å². The molecule has 0 bridgehead atoms. The predicted octanol–water partition coefficient (Wildman–Crippen LogP) is 6.57. The molecule has 2 aromatic carbocycles. The Morgan fingerprint density at radius 3 is 2.61 bits per heavy atom. The van der Waals surface area contributed by atoms with E-state index < -0.39 is 0 Å². The summed E-state index contributed by atoms with van der Waals surface area (Å²) >= 11 is 2.65. The molecule has 0 aliphatic heterocycles. The number of aromatic nitrogens is 2. The number of nitrogens with zero attached hydrogens (tertiary/aromatic N) is 2. The first kappa shape index (κ1) is 23.2. The third-order valence-corrected chi connectivity index (χ3v) is 6.59. The summed E-state index contributed by atoms with van der Waals surface area (Å²) in [5.74, 6) is 0.717. The van der Waals surface area contributed by atoms with Crippen LogP contribution in [0.1, 0.15) is 54.9 Å². The van der Waals surface area contributed by atoms with Gasteiger partial charge in [-0.1, -0.05) is 73.9 Å². The fraction of sp³-hybridized carbons (Fsp3) is 0.348. The first-order chi connectivity index (χ1) is 15.2. The molecular weight excluding hydrogens is 433 g/mol. The van der Waals surface area contributed by atoms with Gasteiger partial charge in [-0.25, -0.2) is 4.39 Å². The number of hydrogen-bond acceptors (Lipinski definition) is 6. The van der Waals surface area contributed by atoms with Gasteiger partial charge >= 0.3 is 0 Å². The molecule has 0 atom stereocenters. The van der Waals surface area contributed by atoms with Gasteiger partial charge in [-0.3, -0.25) is 10.1 Å². The van der Waals surface area contributed by atoms with Gasteiger partial charge in [0.15, 0.2) is 4.34 Å². The predicted molar refractivity (Wildman–Crippen MR) is 125 cm³/mol. The molecular formula is C23H26FN3O2S2. The molecule has 3 aromatic rings. The Balaban J connectivity index is 1.44. The van der Waals surface area contributed by atoms with Crippen molar-refractivity contribution in [3.63, 3.8) is 0 Å². The Morgan fingerprint density at radius 1 is 1.06 bits per heavy atom. The van der Waals surface area contributed by atoms with Crippen molar-refractivity contribution in [2.45, 2.75) is 49.1 Å². The molecule has 0 fully saturated rings. The van der Waals surface area contributed by atoms with Gasteiger partial charge in [-0.15, -0.1) is 10.2 Å². The van der Waals surface area contributed by atoms with E-state index in [2.05, 4.69) is 22.4 Å². The largest absolute Gasteiger partial charge is 0.494 e. The molecule has 0 spiro atoms. The maximum absolute atomic E-state index is 13.7. The molecule has 31 heavy (non-hydrogen) atoms. The number of carbonyl (C=O) groups is 1. The zero-order valence-electron chi connectivity index (χ0n) is 17.5. The summed E-state index contributed by atoms with van der Waals surface area (Å²) < 4.78 is 20.1. The summed E-state index contributed by atoms with van der Waals surface area (Å²) in [7, 11) is 0. The fourth-order valence-electron chi connectivity index (χ4n) is 2.84. The van der Waals surface area contributed by atoms with Crippen LogP contribution in [0.5, 0.6) is 5.75 Å². The first-order valence-corrected chi connectivity index (χ1v) is 12.2. The Hall–Kier alpha value is -2.45. The summed E-state index contributed by atoms with van der Waals surface area (Å²) in [6, 6.07) is 13.7. The summed E-state index contributed by atoms with van der Waals surface area (Å²) in [4.78, 5) is 12.4. The van der Waals surface area contributed by atoms with Gasteiger partial charge in [0.2, 0.25) is 5.13 Å². The van der Waals surface area contributed by atoms with Crippen LogP contribution in [0.15, 0.2) is 52.9 Å². The van der Waals surface area contributed by atoms with Gasteiger partial charge in [0.25, 0.3) is 5.91 Å². The van der Waals surface area contributed by atoms with Crippen LogP contribution in [0.4, 0.5) is 9.52 Å². The third kappa shape index (κ3) is 7.63. The molecule has 0 unspecified atom stereocenters. The van der Waals surface area contributed by atoms with Crippen molar-refractivity contribution < 1.29 is 13.9 Å². The number of amides is 1. The van der Waals surface area contributed by atoms with Gasteiger partial charge < -0.3 is 4.74 Å². The highest BCUT2D eigenvalue weighted by Crippen LogP contribution is 2.29. The Kier molecular flexibility index (Phi) is 9.30. The second kappa shape index (κ2) is 12.4. The summed E-state index contributed by atoms with van der Waals surface area (Å²) in [5.41, 5.74) is 1.13. The van der Waals surface area contributed by atoms with E-state index in [0.29, 0.717) is 33.0 Å². The molecule has 0 aliphatic carbocycles. The number of anilines is 1. The smallest absolute Gasteiger partial charge is 0.257 e. The molecule has 1 N–H and O–H groups in total. The van der Waals surface area contributed by atoms with Crippen molar-refractivity contribution in [3.05, 3.63) is 65.5 Å². The van der Waals surface area contributed by atoms with Crippen molar-refractivity contribution in [1.29, 1.82) is 0 Å². The van der Waals surface area contributed by atoms with E-state index >= 15 is 0 Å². The number of benzene rings is 2. The average molecular weight is 460 g/mol. The molecule has 1 heterocycles. The monoisotopic (exact) mass is 459 g/mol. The molecule has 1 aromatic heterocycles. The number of ether oxygens (including phenoxy) is 1. The maximum atomic E-state index is 13.7. The van der Waals surface area contributed by atoms with Crippen molar-refractivity contribution in [2.24, 2.45) is 0 Å². The minimum atomic E-state index is -0.257. The summed E-state index contributed by atoms with van der Waals surface area (Å²) in [6.45, 7) is 2.89. The van der Waals surface area contributed by atoms with E-state index in [1.54, 1.807) is 42.5 Å². The molecule has 8 heteroatoms. The van der Waals surface area contributed by atoms with Gasteiger partial charge in [-0.2, -0.15) is 0 Å². The van der Waals surface area contributed by atoms with Crippen LogP contribution in [0.3, 0.4) is 0 Å². The number of thioether (sulfide) groups is 1. The molecule has 3 rings (SSSR count). The van der Waals surface area contributed by atoms with Crippen molar-refractivity contribution in [3.8, 4) is 5.75 Å². The Morgan fingerprint density at radius 2 is 1.84 bits per heavy atom. The standard InChI is InChI=1S/C23H26FN3O2S2/c1-2-3-4-5-8-15-29-19-13-11-17(12-14-19)21(28)25-22-26-27-23(31-22)30-16-18-9-6-7-10-20(18)24/h6-7,9-14H,2-5,8,15-16H2,1H3,(H,25,26,28). The minimum Gasteiger partial charge on any atom is -0.494 e. The number of rotatable bonds is 12. The Bertz CT molecular complexity index is 963. The maximum Gasteiger partial charge on any atom is 0.257 e. The quantitative estimate of drug-likeness (QED) is 0.188. The van der Waals surface area contributed by atoms with E-state index in [1.165, 1.54) is 54.8 Å². The van der Waals surface area contributed by atoms with Crippen molar-refractivity contribution in [2.75, 3.05) is 11.9 Å². The minimum absolute atomic E-state index is 0.239. The number of halogens is 1. The van der Waals surface area contributed by atoms with Gasteiger partial charge in [-0.05, 0) is 42.3 Å². The molecule has 164 valence electrons. The molecule has 0 saturated carbocycles. The number of hydrogen-bond donors (Lipinski definition) is 1. The average Bonchev–Trinajstić information content (AvgIpc) is 3.23. The van der Waals surface area contributed by atoms with Crippen LogP contribution in [-0.2, 0) is 5.75 Å². The van der Waals surface area contributed by atoms with Crippen LogP contribution in [-0.4, -0.2) is 22.7 Å². The van der Waals surface area contributed by atoms with Crippen LogP contribution in [0.25, 0.3) is 0 Å². The molecule has 0 saturated heterocycles. The van der Waals surface area contributed by atoms with Gasteiger partial charge in [0.1, 0.15) is 11.6 Å². The number of nitrogens with one attached hydrogen (secondary N) is 1. The lowest BCUT2D eigenvalue weighted by molar-refractivity contribution is 0.102. The van der Waals surface area contributed by atoms with Crippen LogP contribution in [0, 0.1) is 5.82 Å². The topological polar surface area (TPSA) is 64.1 Å². The first-order valence-electron chi connectivity index (χ1n) is 10.4. The highest BCUT2D eigenvalue weighted by Gasteiger charge is 2.12. The third-order valence-electron chi connectivity index (χ3n) is 4.57. The van der Waals surface area contributed by atoms with E-state index in [1.807, 2.05) is 0 Å². The molecule has 5 nitrogen and oxygen atoms in total. The van der Waals surface area contributed by atoms with E-state index in [0.717, 1.165) is 12.2 Å². The lowest BCUT2D eigenvalue weighted by Crippen LogP contribution is -2.11. The number of unbranched alkanes of at least 4 members (excludes halogenated alkanes) is 4.